The molecule has 1 saturated heterocycles. The van der Waals surface area contributed by atoms with E-state index >= 15 is 0 Å². The molecule has 0 bridgehead atoms. The van der Waals surface area contributed by atoms with Crippen molar-refractivity contribution in [1.29, 1.82) is 0 Å². The average molecular weight is 232 g/mol. The molecule has 0 spiro atoms. The molecule has 1 N–H and O–H groups in total. The van der Waals surface area contributed by atoms with Crippen LogP contribution >= 0.6 is 11.8 Å². The fourth-order valence-corrected chi connectivity index (χ4v) is 3.07. The van der Waals surface area contributed by atoms with Crippen molar-refractivity contribution in [2.45, 2.75) is 5.44 Å². The Morgan fingerprint density at radius 1 is 1.19 bits per heavy atom. The minimum atomic E-state index is -0.0221. The normalized spacial score (nSPS) is 20.4. The second-order valence-electron chi connectivity index (χ2n) is 3.79. The van der Waals surface area contributed by atoms with Gasteiger partial charge in [0.1, 0.15) is 11.2 Å². The van der Waals surface area contributed by atoms with Gasteiger partial charge in [-0.1, -0.05) is 30.3 Å². The number of phenols is 1. The van der Waals surface area contributed by atoms with Crippen molar-refractivity contribution in [3.05, 3.63) is 42.0 Å². The molecule has 2 aromatic rings. The summed E-state index contributed by atoms with van der Waals surface area (Å²) in [4.78, 5) is 0. The minimum Gasteiger partial charge on any atom is -0.508 e. The predicted molar refractivity (Wildman–Crippen MR) is 66.8 cm³/mol. The number of ether oxygens (including phenoxy) is 1. The molecule has 2 aromatic carbocycles. The molecule has 1 fully saturated rings. The van der Waals surface area contributed by atoms with E-state index in [-0.39, 0.29) is 5.44 Å². The lowest BCUT2D eigenvalue weighted by atomic mass is 10.0. The van der Waals surface area contributed by atoms with E-state index < -0.39 is 0 Å². The Bertz CT molecular complexity index is 518. The molecular formula is C13H12O2S. The second kappa shape index (κ2) is 4.00. The Morgan fingerprint density at radius 2 is 2.06 bits per heavy atom. The minimum absolute atomic E-state index is 0.0221. The summed E-state index contributed by atoms with van der Waals surface area (Å²) in [6.07, 6.45) is 0. The van der Waals surface area contributed by atoms with Crippen LogP contribution in [0, 0.1) is 0 Å². The van der Waals surface area contributed by atoms with Gasteiger partial charge in [-0.25, -0.2) is 0 Å². The number of fused-ring (bicyclic) bond motifs is 1. The highest BCUT2D eigenvalue weighted by Gasteiger charge is 2.23. The zero-order chi connectivity index (χ0) is 11.0. The van der Waals surface area contributed by atoms with Crippen molar-refractivity contribution in [2.24, 2.45) is 0 Å². The number of hydrogen-bond donors (Lipinski definition) is 1. The van der Waals surface area contributed by atoms with Crippen LogP contribution in [0.3, 0.4) is 0 Å². The van der Waals surface area contributed by atoms with E-state index in [1.54, 1.807) is 17.8 Å². The van der Waals surface area contributed by atoms with Crippen molar-refractivity contribution < 1.29 is 9.84 Å². The van der Waals surface area contributed by atoms with Gasteiger partial charge >= 0.3 is 0 Å². The topological polar surface area (TPSA) is 29.5 Å². The molecule has 0 amide bonds. The molecule has 1 heterocycles. The summed E-state index contributed by atoms with van der Waals surface area (Å²) in [6.45, 7) is 0.762. The van der Waals surface area contributed by atoms with Crippen LogP contribution in [0.4, 0.5) is 0 Å². The lowest BCUT2D eigenvalue weighted by molar-refractivity contribution is 0.144. The molecule has 0 saturated carbocycles. The molecule has 16 heavy (non-hydrogen) atoms. The number of rotatable bonds is 1. The van der Waals surface area contributed by atoms with Gasteiger partial charge in [-0.05, 0) is 16.8 Å². The first-order valence-corrected chi connectivity index (χ1v) is 6.35. The summed E-state index contributed by atoms with van der Waals surface area (Å²) in [5.41, 5.74) is 0.895. The highest BCUT2D eigenvalue weighted by molar-refractivity contribution is 7.99. The first kappa shape index (κ1) is 10.00. The van der Waals surface area contributed by atoms with Crippen molar-refractivity contribution in [3.63, 3.8) is 0 Å². The molecule has 1 aliphatic rings. The first-order chi connectivity index (χ1) is 7.86. The van der Waals surface area contributed by atoms with Crippen LogP contribution in [0.2, 0.25) is 0 Å². The van der Waals surface area contributed by atoms with E-state index in [1.807, 2.05) is 24.3 Å². The third-order valence-electron chi connectivity index (χ3n) is 2.81. The smallest absolute Gasteiger partial charge is 0.132 e. The fourth-order valence-electron chi connectivity index (χ4n) is 2.06. The largest absolute Gasteiger partial charge is 0.508 e. The molecule has 82 valence electrons. The Kier molecular flexibility index (Phi) is 2.50. The van der Waals surface area contributed by atoms with E-state index in [2.05, 4.69) is 6.07 Å². The summed E-state index contributed by atoms with van der Waals surface area (Å²) in [6, 6.07) is 11.8. The van der Waals surface area contributed by atoms with Crippen LogP contribution in [0.5, 0.6) is 5.75 Å². The highest BCUT2D eigenvalue weighted by atomic mass is 32.2. The summed E-state index contributed by atoms with van der Waals surface area (Å²) in [5, 5.41) is 12.2. The SMILES string of the molecule is Oc1ccc2ccccc2c1C1OCCS1. The van der Waals surface area contributed by atoms with Crippen molar-refractivity contribution >= 4 is 22.5 Å². The first-order valence-electron chi connectivity index (χ1n) is 5.30. The molecule has 3 rings (SSSR count). The van der Waals surface area contributed by atoms with E-state index in [1.165, 1.54) is 0 Å². The van der Waals surface area contributed by atoms with Crippen molar-refractivity contribution in [2.75, 3.05) is 12.4 Å². The summed E-state index contributed by atoms with van der Waals surface area (Å²) >= 11 is 1.74. The zero-order valence-corrected chi connectivity index (χ0v) is 9.54. The van der Waals surface area contributed by atoms with Gasteiger partial charge in [0.05, 0.1) is 6.61 Å². The molecule has 1 unspecified atom stereocenters. The van der Waals surface area contributed by atoms with E-state index in [9.17, 15) is 5.11 Å². The molecule has 2 nitrogen and oxygen atoms in total. The van der Waals surface area contributed by atoms with Gasteiger partial charge in [-0.3, -0.25) is 0 Å². The maximum atomic E-state index is 9.98. The number of phenolic OH excluding ortho intramolecular Hbond substituents is 1. The summed E-state index contributed by atoms with van der Waals surface area (Å²) in [5.74, 6) is 1.32. The summed E-state index contributed by atoms with van der Waals surface area (Å²) in [7, 11) is 0. The number of benzene rings is 2. The average Bonchev–Trinajstić information content (AvgIpc) is 2.82. The molecule has 3 heteroatoms. The van der Waals surface area contributed by atoms with E-state index in [0.29, 0.717) is 5.75 Å². The Balaban J connectivity index is 2.23. The molecule has 1 atom stereocenters. The van der Waals surface area contributed by atoms with E-state index in [4.69, 9.17) is 4.74 Å². The lowest BCUT2D eigenvalue weighted by Crippen LogP contribution is -1.95. The Morgan fingerprint density at radius 3 is 2.88 bits per heavy atom. The molecule has 0 radical (unpaired) electrons. The summed E-state index contributed by atoms with van der Waals surface area (Å²) < 4.78 is 5.63. The van der Waals surface area contributed by atoms with Gasteiger partial charge in [-0.15, -0.1) is 11.8 Å². The third kappa shape index (κ3) is 1.56. The number of hydrogen-bond acceptors (Lipinski definition) is 3. The van der Waals surface area contributed by atoms with E-state index in [0.717, 1.165) is 28.7 Å². The highest BCUT2D eigenvalue weighted by Crippen LogP contribution is 2.42. The second-order valence-corrected chi connectivity index (χ2v) is 4.96. The van der Waals surface area contributed by atoms with Crippen LogP contribution in [0.15, 0.2) is 36.4 Å². The van der Waals surface area contributed by atoms with Crippen LogP contribution < -0.4 is 0 Å². The maximum Gasteiger partial charge on any atom is 0.132 e. The van der Waals surface area contributed by atoms with Gasteiger partial charge in [0.15, 0.2) is 0 Å². The quantitative estimate of drug-likeness (QED) is 0.818. The lowest BCUT2D eigenvalue weighted by Gasteiger charge is -2.14. The standard InChI is InChI=1S/C13H12O2S/c14-11-6-5-9-3-1-2-4-10(9)12(11)13-15-7-8-16-13/h1-6,13-14H,7-8H2. The van der Waals surface area contributed by atoms with Gasteiger partial charge in [-0.2, -0.15) is 0 Å². The molecule has 0 aliphatic carbocycles. The predicted octanol–water partition coefficient (Wildman–Crippen LogP) is 3.31. The molecular weight excluding hydrogens is 220 g/mol. The van der Waals surface area contributed by atoms with Crippen molar-refractivity contribution in [3.8, 4) is 5.75 Å². The van der Waals surface area contributed by atoms with Crippen LogP contribution in [-0.4, -0.2) is 17.5 Å². The Hall–Kier alpha value is -1.19. The van der Waals surface area contributed by atoms with Gasteiger partial charge in [0, 0.05) is 11.3 Å². The number of aromatic hydroxyl groups is 1. The van der Waals surface area contributed by atoms with Gasteiger partial charge in [0.25, 0.3) is 0 Å². The molecule has 0 aromatic heterocycles. The zero-order valence-electron chi connectivity index (χ0n) is 8.72. The van der Waals surface area contributed by atoms with Gasteiger partial charge < -0.3 is 9.84 Å². The number of thioether (sulfide) groups is 1. The van der Waals surface area contributed by atoms with Crippen LogP contribution in [0.25, 0.3) is 10.8 Å². The van der Waals surface area contributed by atoms with Gasteiger partial charge in [0.2, 0.25) is 0 Å². The van der Waals surface area contributed by atoms with Crippen LogP contribution in [0.1, 0.15) is 11.0 Å². The van der Waals surface area contributed by atoms with Crippen LogP contribution in [-0.2, 0) is 4.74 Å². The third-order valence-corrected chi connectivity index (χ3v) is 3.88. The fraction of sp³-hybridized carbons (Fsp3) is 0.231. The monoisotopic (exact) mass is 232 g/mol. The van der Waals surface area contributed by atoms with Crippen molar-refractivity contribution in [1.82, 2.24) is 0 Å². The maximum absolute atomic E-state index is 9.98. The Labute approximate surface area is 98.2 Å². The molecule has 1 aliphatic heterocycles.